The lowest BCUT2D eigenvalue weighted by Gasteiger charge is -2.49. The SMILES string of the molecule is COC1CCC(N(C2CCCCC2)C2CCC(CCC3CCC(CCC4CCC(N(C5CCCCC5)C5CCC(OC)CC5)CC4)CC3)CC2)CC1. The van der Waals surface area contributed by atoms with Crippen molar-refractivity contribution >= 4 is 0 Å². The van der Waals surface area contributed by atoms with Gasteiger partial charge in [0.1, 0.15) is 0 Å². The summed E-state index contributed by atoms with van der Waals surface area (Å²) in [6.07, 6.45) is 50.9. The van der Waals surface area contributed by atoms with E-state index in [0.29, 0.717) is 12.2 Å². The third-order valence-corrected chi connectivity index (χ3v) is 17.2. The van der Waals surface area contributed by atoms with Gasteiger partial charge in [0.15, 0.2) is 0 Å². The predicted octanol–water partition coefficient (Wildman–Crippen LogP) is 12.7. The lowest BCUT2D eigenvalue weighted by Crippen LogP contribution is -2.52. The Bertz CT molecular complexity index is 875. The van der Waals surface area contributed by atoms with Crippen LogP contribution in [0.25, 0.3) is 0 Å². The molecule has 7 rings (SSSR count). The normalized spacial score (nSPS) is 39.2. The van der Waals surface area contributed by atoms with E-state index in [0.717, 1.165) is 59.9 Å². The van der Waals surface area contributed by atoms with Crippen molar-refractivity contribution in [3.8, 4) is 0 Å². The van der Waals surface area contributed by atoms with Crippen LogP contribution < -0.4 is 0 Å². The molecule has 0 aliphatic heterocycles. The van der Waals surface area contributed by atoms with Crippen molar-refractivity contribution in [1.82, 2.24) is 9.80 Å². The number of hydrogen-bond donors (Lipinski definition) is 0. The van der Waals surface area contributed by atoms with E-state index in [4.69, 9.17) is 9.47 Å². The molecular formula is C48H86N2O2. The molecular weight excluding hydrogens is 637 g/mol. The minimum Gasteiger partial charge on any atom is -0.381 e. The number of nitrogens with zero attached hydrogens (tertiary/aromatic N) is 2. The molecule has 7 fully saturated rings. The first-order valence-electron chi connectivity index (χ1n) is 24.3. The Morgan fingerprint density at radius 2 is 0.519 bits per heavy atom. The van der Waals surface area contributed by atoms with Crippen LogP contribution >= 0.6 is 0 Å². The topological polar surface area (TPSA) is 24.9 Å². The van der Waals surface area contributed by atoms with Gasteiger partial charge in [-0.25, -0.2) is 0 Å². The van der Waals surface area contributed by atoms with Gasteiger partial charge < -0.3 is 9.47 Å². The lowest BCUT2D eigenvalue weighted by atomic mass is 9.73. The van der Waals surface area contributed by atoms with E-state index in [2.05, 4.69) is 9.80 Å². The summed E-state index contributed by atoms with van der Waals surface area (Å²) in [6, 6.07) is 5.22. The average molecular weight is 723 g/mol. The van der Waals surface area contributed by atoms with Crippen LogP contribution in [0.1, 0.15) is 218 Å². The first kappa shape index (κ1) is 40.1. The van der Waals surface area contributed by atoms with Gasteiger partial charge in [-0.2, -0.15) is 0 Å². The highest BCUT2D eigenvalue weighted by Gasteiger charge is 2.39. The van der Waals surface area contributed by atoms with Gasteiger partial charge in [-0.3, -0.25) is 9.80 Å². The van der Waals surface area contributed by atoms with Crippen molar-refractivity contribution in [2.24, 2.45) is 23.7 Å². The van der Waals surface area contributed by atoms with E-state index >= 15 is 0 Å². The molecule has 0 N–H and O–H groups in total. The van der Waals surface area contributed by atoms with E-state index in [-0.39, 0.29) is 0 Å². The summed E-state index contributed by atoms with van der Waals surface area (Å²) in [5.74, 6) is 4.14. The van der Waals surface area contributed by atoms with Crippen LogP contribution in [0.4, 0.5) is 0 Å². The Labute approximate surface area is 323 Å². The van der Waals surface area contributed by atoms with E-state index in [1.165, 1.54) is 167 Å². The zero-order valence-electron chi connectivity index (χ0n) is 34.7. The van der Waals surface area contributed by atoms with E-state index in [1.807, 2.05) is 14.2 Å². The molecule has 0 unspecified atom stereocenters. The summed E-state index contributed by atoms with van der Waals surface area (Å²) in [5, 5.41) is 0. The smallest absolute Gasteiger partial charge is 0.0572 e. The molecule has 0 aromatic carbocycles. The molecule has 7 aliphatic carbocycles. The fourth-order valence-corrected chi connectivity index (χ4v) is 13.9. The van der Waals surface area contributed by atoms with Crippen molar-refractivity contribution in [2.45, 2.75) is 267 Å². The van der Waals surface area contributed by atoms with Crippen molar-refractivity contribution in [1.29, 1.82) is 0 Å². The second kappa shape index (κ2) is 20.8. The van der Waals surface area contributed by atoms with E-state index < -0.39 is 0 Å². The van der Waals surface area contributed by atoms with Crippen LogP contribution in [0.2, 0.25) is 0 Å². The number of rotatable bonds is 14. The van der Waals surface area contributed by atoms with Crippen LogP contribution in [0.5, 0.6) is 0 Å². The third-order valence-electron chi connectivity index (χ3n) is 17.2. The van der Waals surface area contributed by atoms with Crippen molar-refractivity contribution in [3.63, 3.8) is 0 Å². The highest BCUT2D eigenvalue weighted by Crippen LogP contribution is 2.43. The molecule has 4 heteroatoms. The maximum Gasteiger partial charge on any atom is 0.0572 e. The zero-order chi connectivity index (χ0) is 35.5. The maximum absolute atomic E-state index is 5.77. The first-order valence-corrected chi connectivity index (χ1v) is 24.3. The summed E-state index contributed by atoms with van der Waals surface area (Å²) in [6.45, 7) is 0. The van der Waals surface area contributed by atoms with Crippen LogP contribution in [-0.2, 0) is 9.47 Å². The van der Waals surface area contributed by atoms with E-state index in [9.17, 15) is 0 Å². The van der Waals surface area contributed by atoms with Gasteiger partial charge in [0.25, 0.3) is 0 Å². The molecule has 0 aromatic heterocycles. The second-order valence-corrected chi connectivity index (χ2v) is 20.2. The fourth-order valence-electron chi connectivity index (χ4n) is 13.9. The molecule has 0 bridgehead atoms. The van der Waals surface area contributed by atoms with Crippen LogP contribution in [0.3, 0.4) is 0 Å². The largest absolute Gasteiger partial charge is 0.381 e. The molecule has 0 heterocycles. The molecule has 0 spiro atoms. The van der Waals surface area contributed by atoms with Crippen LogP contribution in [0, 0.1) is 23.7 Å². The molecule has 0 aromatic rings. The highest BCUT2D eigenvalue weighted by molar-refractivity contribution is 4.94. The molecule has 7 aliphatic rings. The number of hydrogen-bond acceptors (Lipinski definition) is 4. The van der Waals surface area contributed by atoms with E-state index in [1.54, 1.807) is 51.4 Å². The van der Waals surface area contributed by atoms with Gasteiger partial charge in [0.05, 0.1) is 12.2 Å². The van der Waals surface area contributed by atoms with Crippen LogP contribution in [0.15, 0.2) is 0 Å². The Morgan fingerprint density at radius 1 is 0.288 bits per heavy atom. The molecule has 0 saturated heterocycles. The number of ether oxygens (including phenoxy) is 2. The first-order chi connectivity index (χ1) is 25.7. The van der Waals surface area contributed by atoms with Gasteiger partial charge in [-0.05, 0) is 152 Å². The summed E-state index contributed by atoms with van der Waals surface area (Å²) < 4.78 is 11.5. The molecule has 7 saturated carbocycles. The average Bonchev–Trinajstić information content (AvgIpc) is 3.22. The fraction of sp³-hybridized carbons (Fsp3) is 1.00. The molecule has 4 nitrogen and oxygen atoms in total. The Morgan fingerprint density at radius 3 is 0.788 bits per heavy atom. The Hall–Kier alpha value is -0.160. The quantitative estimate of drug-likeness (QED) is 0.178. The Kier molecular flexibility index (Phi) is 16.1. The van der Waals surface area contributed by atoms with Gasteiger partial charge in [0.2, 0.25) is 0 Å². The minimum absolute atomic E-state index is 0.527. The maximum atomic E-state index is 5.77. The molecule has 0 atom stereocenters. The number of methoxy groups -OCH3 is 2. The summed E-state index contributed by atoms with van der Waals surface area (Å²) in [5.41, 5.74) is 0. The highest BCUT2D eigenvalue weighted by atomic mass is 16.5. The van der Waals surface area contributed by atoms with Gasteiger partial charge in [0, 0.05) is 50.5 Å². The predicted molar refractivity (Wildman–Crippen MR) is 219 cm³/mol. The molecule has 0 radical (unpaired) electrons. The Balaban J connectivity index is 0.782. The van der Waals surface area contributed by atoms with Gasteiger partial charge >= 0.3 is 0 Å². The molecule has 52 heavy (non-hydrogen) atoms. The van der Waals surface area contributed by atoms with Crippen molar-refractivity contribution < 1.29 is 9.47 Å². The summed E-state index contributed by atoms with van der Waals surface area (Å²) in [4.78, 5) is 6.30. The summed E-state index contributed by atoms with van der Waals surface area (Å²) in [7, 11) is 3.87. The van der Waals surface area contributed by atoms with Gasteiger partial charge in [-0.15, -0.1) is 0 Å². The molecule has 300 valence electrons. The lowest BCUT2D eigenvalue weighted by molar-refractivity contribution is -0.0143. The standard InChI is InChI=1S/C48H86N2O2/c1-51-47-33-29-45(30-34-47)49(41-9-5-3-6-10-41)43-25-21-39(22-26-43)19-17-37-13-15-38(16-14-37)18-20-40-23-27-44(28-24-40)50(42-11-7-4-8-12-42)46-31-35-48(52-2)36-32-46/h37-48H,3-36H2,1-2H3. The van der Waals surface area contributed by atoms with Crippen molar-refractivity contribution in [3.05, 3.63) is 0 Å². The minimum atomic E-state index is 0.527. The third kappa shape index (κ3) is 11.0. The monoisotopic (exact) mass is 723 g/mol. The molecule has 0 amide bonds. The second-order valence-electron chi connectivity index (χ2n) is 20.2. The van der Waals surface area contributed by atoms with Crippen LogP contribution in [-0.4, -0.2) is 72.5 Å². The zero-order valence-corrected chi connectivity index (χ0v) is 34.7. The van der Waals surface area contributed by atoms with Gasteiger partial charge in [-0.1, -0.05) is 89.9 Å². The van der Waals surface area contributed by atoms with Crippen molar-refractivity contribution in [2.75, 3.05) is 14.2 Å². The summed E-state index contributed by atoms with van der Waals surface area (Å²) >= 11 is 0.